The molecule has 0 saturated carbocycles. The Morgan fingerprint density at radius 1 is 0.947 bits per heavy atom. The highest BCUT2D eigenvalue weighted by atomic mass is 16.1. The van der Waals surface area contributed by atoms with Crippen LogP contribution in [0.25, 0.3) is 11.1 Å². The molecular formula is C18H20O. The van der Waals surface area contributed by atoms with Crippen molar-refractivity contribution in [2.75, 3.05) is 0 Å². The first-order valence-corrected chi connectivity index (χ1v) is 6.71. The monoisotopic (exact) mass is 252 g/mol. The Kier molecular flexibility index (Phi) is 3.84. The van der Waals surface area contributed by atoms with Gasteiger partial charge in [0.2, 0.25) is 0 Å². The highest BCUT2D eigenvalue weighted by Crippen LogP contribution is 2.25. The fourth-order valence-electron chi connectivity index (χ4n) is 2.24. The lowest BCUT2D eigenvalue weighted by Gasteiger charge is -2.09. The number of Topliss-reactive ketones (excluding diaryl/α,β-unsaturated/α-hetero) is 1. The molecule has 1 heteroatoms. The van der Waals surface area contributed by atoms with E-state index in [9.17, 15) is 4.79 Å². The number of rotatable bonds is 3. The molecule has 2 aromatic rings. The second-order valence-corrected chi connectivity index (χ2v) is 5.36. The Labute approximate surface area is 115 Å². The van der Waals surface area contributed by atoms with Gasteiger partial charge in [-0.2, -0.15) is 0 Å². The molecule has 0 saturated heterocycles. The first kappa shape index (κ1) is 13.5. The summed E-state index contributed by atoms with van der Waals surface area (Å²) in [5, 5.41) is 0. The molecular weight excluding hydrogens is 232 g/mol. The van der Waals surface area contributed by atoms with Gasteiger partial charge in [0, 0.05) is 5.56 Å². The van der Waals surface area contributed by atoms with Crippen molar-refractivity contribution in [1.29, 1.82) is 0 Å². The third-order valence-corrected chi connectivity index (χ3v) is 3.53. The van der Waals surface area contributed by atoms with E-state index in [0.717, 1.165) is 22.3 Å². The van der Waals surface area contributed by atoms with E-state index in [2.05, 4.69) is 44.2 Å². The molecule has 2 rings (SSSR count). The summed E-state index contributed by atoms with van der Waals surface area (Å²) in [5.41, 5.74) is 5.45. The van der Waals surface area contributed by atoms with Crippen LogP contribution in [0.4, 0.5) is 0 Å². The number of carbonyl (C=O) groups excluding carboxylic acids is 1. The van der Waals surface area contributed by atoms with E-state index in [4.69, 9.17) is 0 Å². The first-order valence-electron chi connectivity index (χ1n) is 6.71. The molecule has 2 aromatic carbocycles. The van der Waals surface area contributed by atoms with Crippen LogP contribution >= 0.6 is 0 Å². The van der Waals surface area contributed by atoms with Gasteiger partial charge in [-0.1, -0.05) is 50.2 Å². The van der Waals surface area contributed by atoms with Crippen LogP contribution in [0.15, 0.2) is 42.5 Å². The van der Waals surface area contributed by atoms with Crippen LogP contribution in [-0.4, -0.2) is 5.78 Å². The van der Waals surface area contributed by atoms with E-state index in [-0.39, 0.29) is 5.78 Å². The molecule has 0 amide bonds. The van der Waals surface area contributed by atoms with E-state index < -0.39 is 0 Å². The zero-order chi connectivity index (χ0) is 14.0. The van der Waals surface area contributed by atoms with Crippen LogP contribution in [-0.2, 0) is 0 Å². The summed E-state index contributed by atoms with van der Waals surface area (Å²) in [6.45, 7) is 7.97. The van der Waals surface area contributed by atoms with Gasteiger partial charge in [0.1, 0.15) is 0 Å². The quantitative estimate of drug-likeness (QED) is 0.703. The summed E-state index contributed by atoms with van der Waals surface area (Å²) in [6.07, 6.45) is 0. The van der Waals surface area contributed by atoms with Crippen molar-refractivity contribution in [3.63, 3.8) is 0 Å². The lowest BCUT2D eigenvalue weighted by Crippen LogP contribution is -1.96. The van der Waals surface area contributed by atoms with Gasteiger partial charge in [-0.3, -0.25) is 4.79 Å². The van der Waals surface area contributed by atoms with Gasteiger partial charge in [-0.15, -0.1) is 0 Å². The topological polar surface area (TPSA) is 17.1 Å². The smallest absolute Gasteiger partial charge is 0.160 e. The summed E-state index contributed by atoms with van der Waals surface area (Å²) in [7, 11) is 0. The largest absolute Gasteiger partial charge is 0.295 e. The molecule has 0 fully saturated rings. The second-order valence-electron chi connectivity index (χ2n) is 5.36. The third-order valence-electron chi connectivity index (χ3n) is 3.53. The Balaban J connectivity index is 2.41. The third kappa shape index (κ3) is 2.93. The average molecular weight is 252 g/mol. The van der Waals surface area contributed by atoms with Crippen LogP contribution in [0.5, 0.6) is 0 Å². The van der Waals surface area contributed by atoms with Gasteiger partial charge in [-0.25, -0.2) is 0 Å². The first-order chi connectivity index (χ1) is 8.99. The average Bonchev–Trinajstić information content (AvgIpc) is 2.39. The number of hydrogen-bond acceptors (Lipinski definition) is 1. The molecule has 0 aromatic heterocycles. The van der Waals surface area contributed by atoms with E-state index >= 15 is 0 Å². The maximum absolute atomic E-state index is 11.6. The van der Waals surface area contributed by atoms with Gasteiger partial charge in [0.15, 0.2) is 5.78 Å². The molecule has 0 N–H and O–H groups in total. The molecule has 98 valence electrons. The predicted molar refractivity (Wildman–Crippen MR) is 80.7 cm³/mol. The zero-order valence-corrected chi connectivity index (χ0v) is 12.0. The molecule has 0 aliphatic heterocycles. The Morgan fingerprint density at radius 2 is 1.53 bits per heavy atom. The molecule has 0 spiro atoms. The van der Waals surface area contributed by atoms with E-state index in [0.29, 0.717) is 5.92 Å². The van der Waals surface area contributed by atoms with Crippen molar-refractivity contribution < 1.29 is 4.79 Å². The van der Waals surface area contributed by atoms with Gasteiger partial charge < -0.3 is 0 Å². The predicted octanol–water partition coefficient (Wildman–Crippen LogP) is 4.99. The number of benzene rings is 2. The van der Waals surface area contributed by atoms with Crippen molar-refractivity contribution in [2.45, 2.75) is 33.6 Å². The maximum atomic E-state index is 11.6. The lowest BCUT2D eigenvalue weighted by atomic mass is 9.95. The Morgan fingerprint density at radius 3 is 2.05 bits per heavy atom. The van der Waals surface area contributed by atoms with E-state index in [1.165, 1.54) is 5.56 Å². The molecule has 0 atom stereocenters. The summed E-state index contributed by atoms with van der Waals surface area (Å²) in [5.74, 6) is 0.665. The van der Waals surface area contributed by atoms with Crippen LogP contribution < -0.4 is 0 Å². The normalized spacial score (nSPS) is 10.8. The molecule has 0 aliphatic rings. The molecule has 0 aliphatic carbocycles. The zero-order valence-electron chi connectivity index (χ0n) is 12.0. The number of ketones is 1. The van der Waals surface area contributed by atoms with Crippen LogP contribution in [0.1, 0.15) is 48.2 Å². The number of hydrogen-bond donors (Lipinski definition) is 0. The lowest BCUT2D eigenvalue weighted by molar-refractivity contribution is 0.101. The summed E-state index contributed by atoms with van der Waals surface area (Å²) in [6, 6.07) is 14.7. The molecule has 0 unspecified atom stereocenters. The minimum atomic E-state index is 0.123. The van der Waals surface area contributed by atoms with Crippen molar-refractivity contribution in [1.82, 2.24) is 0 Å². The van der Waals surface area contributed by atoms with Crippen molar-refractivity contribution >= 4 is 5.78 Å². The fraction of sp³-hybridized carbons (Fsp3) is 0.278. The van der Waals surface area contributed by atoms with Gasteiger partial charge in [0.25, 0.3) is 0 Å². The van der Waals surface area contributed by atoms with Gasteiger partial charge in [0.05, 0.1) is 0 Å². The van der Waals surface area contributed by atoms with E-state index in [1.807, 2.05) is 19.1 Å². The van der Waals surface area contributed by atoms with Crippen LogP contribution in [0.2, 0.25) is 0 Å². The minimum absolute atomic E-state index is 0.123. The SMILES string of the molecule is CC(=O)c1cc(-c2ccc(C(C)C)cc2)ccc1C. The Hall–Kier alpha value is -1.89. The van der Waals surface area contributed by atoms with E-state index in [1.54, 1.807) is 6.92 Å². The minimum Gasteiger partial charge on any atom is -0.295 e. The molecule has 0 bridgehead atoms. The number of carbonyl (C=O) groups is 1. The number of aryl methyl sites for hydroxylation is 1. The van der Waals surface area contributed by atoms with Crippen molar-refractivity contribution in [3.05, 3.63) is 59.2 Å². The summed E-state index contributed by atoms with van der Waals surface area (Å²) >= 11 is 0. The van der Waals surface area contributed by atoms with Crippen LogP contribution in [0.3, 0.4) is 0 Å². The highest BCUT2D eigenvalue weighted by Gasteiger charge is 2.07. The van der Waals surface area contributed by atoms with Crippen molar-refractivity contribution in [2.24, 2.45) is 0 Å². The molecule has 1 nitrogen and oxygen atoms in total. The van der Waals surface area contributed by atoms with Gasteiger partial charge in [-0.05, 0) is 48.1 Å². The summed E-state index contributed by atoms with van der Waals surface area (Å²) in [4.78, 5) is 11.6. The van der Waals surface area contributed by atoms with Crippen LogP contribution in [0, 0.1) is 6.92 Å². The summed E-state index contributed by atoms with van der Waals surface area (Å²) < 4.78 is 0. The Bertz CT molecular complexity index is 592. The van der Waals surface area contributed by atoms with Gasteiger partial charge >= 0.3 is 0 Å². The maximum Gasteiger partial charge on any atom is 0.160 e. The molecule has 0 heterocycles. The van der Waals surface area contributed by atoms with Crippen molar-refractivity contribution in [3.8, 4) is 11.1 Å². The molecule has 0 radical (unpaired) electrons. The molecule has 19 heavy (non-hydrogen) atoms. The standard InChI is InChI=1S/C18H20O/c1-12(2)15-7-9-16(10-8-15)17-6-5-13(3)18(11-17)14(4)19/h5-12H,1-4H3. The highest BCUT2D eigenvalue weighted by molar-refractivity contribution is 5.96. The second kappa shape index (κ2) is 5.40. The fourth-order valence-corrected chi connectivity index (χ4v) is 2.24.